The van der Waals surface area contributed by atoms with Gasteiger partial charge in [0.05, 0.1) is 5.56 Å². The van der Waals surface area contributed by atoms with Gasteiger partial charge in [0, 0.05) is 12.1 Å². The molecular formula is C11H12F3NO. The number of fused-ring (bicyclic) bond motifs is 1. The van der Waals surface area contributed by atoms with Crippen molar-refractivity contribution in [2.24, 2.45) is 0 Å². The molecule has 1 heterocycles. The lowest BCUT2D eigenvalue weighted by molar-refractivity contribution is -0.137. The summed E-state index contributed by atoms with van der Waals surface area (Å²) in [5.41, 5.74) is -0.0178. The van der Waals surface area contributed by atoms with E-state index in [4.69, 9.17) is 4.74 Å². The Morgan fingerprint density at radius 2 is 2.12 bits per heavy atom. The van der Waals surface area contributed by atoms with Gasteiger partial charge in [0.2, 0.25) is 0 Å². The number of hydrogen-bond acceptors (Lipinski definition) is 2. The molecule has 1 aromatic carbocycles. The summed E-state index contributed by atoms with van der Waals surface area (Å²) in [7, 11) is 0. The van der Waals surface area contributed by atoms with Crippen molar-refractivity contribution < 1.29 is 17.9 Å². The maximum Gasteiger partial charge on any atom is 0.416 e. The first-order valence-corrected chi connectivity index (χ1v) is 5.06. The highest BCUT2D eigenvalue weighted by atomic mass is 19.4. The summed E-state index contributed by atoms with van der Waals surface area (Å²) in [4.78, 5) is 1.93. The highest BCUT2D eigenvalue weighted by Crippen LogP contribution is 2.34. The molecule has 88 valence electrons. The first-order chi connectivity index (χ1) is 7.50. The van der Waals surface area contributed by atoms with Crippen molar-refractivity contribution >= 4 is 0 Å². The summed E-state index contributed by atoms with van der Waals surface area (Å²) in [6.45, 7) is 3.66. The molecule has 0 N–H and O–H groups in total. The Hall–Kier alpha value is -1.23. The third kappa shape index (κ3) is 2.14. The molecule has 0 amide bonds. The highest BCUT2D eigenvalue weighted by molar-refractivity contribution is 5.39. The minimum atomic E-state index is -4.29. The average Bonchev–Trinajstić information content (AvgIpc) is 2.26. The van der Waals surface area contributed by atoms with Crippen LogP contribution in [-0.4, -0.2) is 18.2 Å². The van der Waals surface area contributed by atoms with E-state index in [9.17, 15) is 13.2 Å². The summed E-state index contributed by atoms with van der Waals surface area (Å²) < 4.78 is 42.8. The summed E-state index contributed by atoms with van der Waals surface area (Å²) >= 11 is 0. The number of ether oxygens (including phenoxy) is 1. The Morgan fingerprint density at radius 1 is 1.38 bits per heavy atom. The van der Waals surface area contributed by atoms with Crippen LogP contribution in [0.1, 0.15) is 18.1 Å². The largest absolute Gasteiger partial charge is 0.478 e. The molecule has 0 saturated heterocycles. The highest BCUT2D eigenvalue weighted by Gasteiger charge is 2.31. The van der Waals surface area contributed by atoms with E-state index in [2.05, 4.69) is 0 Å². The zero-order valence-electron chi connectivity index (χ0n) is 8.84. The van der Waals surface area contributed by atoms with Gasteiger partial charge >= 0.3 is 6.18 Å². The number of alkyl halides is 3. The topological polar surface area (TPSA) is 12.5 Å². The second-order valence-electron chi connectivity index (χ2n) is 3.74. The molecule has 0 aliphatic carbocycles. The number of hydrogen-bond donors (Lipinski definition) is 0. The molecule has 0 aromatic heterocycles. The quantitative estimate of drug-likeness (QED) is 0.736. The number of rotatable bonds is 1. The van der Waals surface area contributed by atoms with Crippen LogP contribution in [0.25, 0.3) is 0 Å². The van der Waals surface area contributed by atoms with E-state index in [1.165, 1.54) is 6.07 Å². The summed E-state index contributed by atoms with van der Waals surface area (Å²) in [5, 5.41) is 0. The Bertz CT molecular complexity index is 389. The van der Waals surface area contributed by atoms with E-state index in [-0.39, 0.29) is 0 Å². The van der Waals surface area contributed by atoms with Gasteiger partial charge in [-0.1, -0.05) is 6.92 Å². The predicted molar refractivity (Wildman–Crippen MR) is 53.0 cm³/mol. The number of benzene rings is 1. The van der Waals surface area contributed by atoms with E-state index in [1.807, 2.05) is 11.8 Å². The summed E-state index contributed by atoms with van der Waals surface area (Å²) in [6, 6.07) is 3.61. The maximum atomic E-state index is 12.5. The molecule has 0 fully saturated rings. The van der Waals surface area contributed by atoms with E-state index in [0.29, 0.717) is 24.6 Å². The van der Waals surface area contributed by atoms with Gasteiger partial charge in [-0.25, -0.2) is 0 Å². The second kappa shape index (κ2) is 3.97. The predicted octanol–water partition coefficient (Wildman–Crippen LogP) is 2.88. The van der Waals surface area contributed by atoms with Crippen LogP contribution in [-0.2, 0) is 12.7 Å². The molecule has 2 rings (SSSR count). The molecule has 5 heteroatoms. The monoisotopic (exact) mass is 231 g/mol. The van der Waals surface area contributed by atoms with Gasteiger partial charge in [-0.3, -0.25) is 4.90 Å². The van der Waals surface area contributed by atoms with Crippen LogP contribution < -0.4 is 4.74 Å². The van der Waals surface area contributed by atoms with Crippen molar-refractivity contribution in [3.05, 3.63) is 29.3 Å². The summed E-state index contributed by atoms with van der Waals surface area (Å²) in [5.74, 6) is 0.553. The van der Waals surface area contributed by atoms with Crippen LogP contribution in [0.4, 0.5) is 13.2 Å². The molecule has 16 heavy (non-hydrogen) atoms. The first kappa shape index (κ1) is 11.3. The van der Waals surface area contributed by atoms with Gasteiger partial charge in [-0.2, -0.15) is 13.2 Å². The molecule has 2 nitrogen and oxygen atoms in total. The van der Waals surface area contributed by atoms with Gasteiger partial charge in [-0.05, 0) is 24.7 Å². The van der Waals surface area contributed by atoms with Crippen LogP contribution in [0.5, 0.6) is 5.75 Å². The van der Waals surface area contributed by atoms with Crippen molar-refractivity contribution in [2.45, 2.75) is 19.6 Å². The van der Waals surface area contributed by atoms with E-state index < -0.39 is 11.7 Å². The second-order valence-corrected chi connectivity index (χ2v) is 3.74. The van der Waals surface area contributed by atoms with Crippen molar-refractivity contribution in [1.29, 1.82) is 0 Å². The molecule has 1 aliphatic rings. The van der Waals surface area contributed by atoms with Gasteiger partial charge in [0.15, 0.2) is 0 Å². The van der Waals surface area contributed by atoms with Gasteiger partial charge < -0.3 is 4.74 Å². The molecule has 0 unspecified atom stereocenters. The zero-order valence-corrected chi connectivity index (χ0v) is 8.84. The number of halogens is 3. The van der Waals surface area contributed by atoms with Crippen LogP contribution in [0.2, 0.25) is 0 Å². The molecule has 0 radical (unpaired) electrons. The molecule has 0 saturated carbocycles. The Labute approximate surface area is 91.6 Å². The SMILES string of the molecule is CCN1COc2ccc(C(F)(F)F)cc2C1. The molecule has 1 aromatic rings. The molecule has 0 atom stereocenters. The fourth-order valence-corrected chi connectivity index (χ4v) is 1.67. The Balaban J connectivity index is 2.31. The molecular weight excluding hydrogens is 219 g/mol. The minimum absolute atomic E-state index is 0.439. The Morgan fingerprint density at radius 3 is 2.75 bits per heavy atom. The van der Waals surface area contributed by atoms with Crippen molar-refractivity contribution in [3.63, 3.8) is 0 Å². The van der Waals surface area contributed by atoms with Gasteiger partial charge in [0.25, 0.3) is 0 Å². The third-order valence-corrected chi connectivity index (χ3v) is 2.63. The maximum absolute atomic E-state index is 12.5. The zero-order chi connectivity index (χ0) is 11.8. The lowest BCUT2D eigenvalue weighted by Crippen LogP contribution is -2.31. The normalized spacial score (nSPS) is 16.8. The molecule has 1 aliphatic heterocycles. The lowest BCUT2D eigenvalue weighted by Gasteiger charge is -2.28. The van der Waals surface area contributed by atoms with E-state index in [1.54, 1.807) is 0 Å². The third-order valence-electron chi connectivity index (χ3n) is 2.63. The summed E-state index contributed by atoms with van der Waals surface area (Å²) in [6.07, 6.45) is -4.29. The van der Waals surface area contributed by atoms with Crippen molar-refractivity contribution in [1.82, 2.24) is 4.90 Å². The Kier molecular flexibility index (Phi) is 2.80. The smallest absolute Gasteiger partial charge is 0.416 e. The molecule has 0 bridgehead atoms. The first-order valence-electron chi connectivity index (χ1n) is 5.06. The molecule has 0 spiro atoms. The standard InChI is InChI=1S/C11H12F3NO/c1-2-15-6-8-5-9(11(12,13)14)3-4-10(8)16-7-15/h3-5H,2,6-7H2,1H3. The van der Waals surface area contributed by atoms with Gasteiger partial charge in [0.1, 0.15) is 12.5 Å². The number of nitrogens with zero attached hydrogens (tertiary/aromatic N) is 1. The van der Waals surface area contributed by atoms with Crippen LogP contribution >= 0.6 is 0 Å². The lowest BCUT2D eigenvalue weighted by atomic mass is 10.1. The average molecular weight is 231 g/mol. The fourth-order valence-electron chi connectivity index (χ4n) is 1.67. The van der Waals surface area contributed by atoms with Crippen LogP contribution in [0, 0.1) is 0 Å². The van der Waals surface area contributed by atoms with Crippen molar-refractivity contribution in [3.8, 4) is 5.75 Å². The van der Waals surface area contributed by atoms with E-state index in [0.717, 1.165) is 18.7 Å². The van der Waals surface area contributed by atoms with Crippen LogP contribution in [0.15, 0.2) is 18.2 Å². The minimum Gasteiger partial charge on any atom is -0.478 e. The van der Waals surface area contributed by atoms with Crippen LogP contribution in [0.3, 0.4) is 0 Å². The van der Waals surface area contributed by atoms with E-state index >= 15 is 0 Å². The van der Waals surface area contributed by atoms with Gasteiger partial charge in [-0.15, -0.1) is 0 Å². The van der Waals surface area contributed by atoms with Crippen molar-refractivity contribution in [2.75, 3.05) is 13.3 Å². The fraction of sp³-hybridized carbons (Fsp3) is 0.455.